The van der Waals surface area contributed by atoms with Crippen molar-refractivity contribution in [2.45, 2.75) is 19.9 Å². The van der Waals surface area contributed by atoms with Crippen LogP contribution in [0.15, 0.2) is 36.4 Å². The van der Waals surface area contributed by atoms with Gasteiger partial charge < -0.3 is 10.5 Å². The first-order valence-electron chi connectivity index (χ1n) is 6.19. The fraction of sp³-hybridized carbons (Fsp3) is 0.250. The third kappa shape index (κ3) is 2.91. The fourth-order valence-electron chi connectivity index (χ4n) is 2.28. The Morgan fingerprint density at radius 3 is 2.11 bits per heavy atom. The van der Waals surface area contributed by atoms with Crippen molar-refractivity contribution < 1.29 is 4.74 Å². The van der Waals surface area contributed by atoms with Crippen molar-refractivity contribution in [3.63, 3.8) is 0 Å². The smallest absolute Gasteiger partial charge is 0.119 e. The third-order valence-electron chi connectivity index (χ3n) is 3.38. The molecule has 0 saturated heterocycles. The van der Waals surface area contributed by atoms with E-state index in [1.165, 1.54) is 0 Å². The zero-order valence-corrected chi connectivity index (χ0v) is 12.2. The van der Waals surface area contributed by atoms with Crippen LogP contribution >= 0.6 is 11.6 Å². The summed E-state index contributed by atoms with van der Waals surface area (Å²) in [5.41, 5.74) is 10.8. The van der Waals surface area contributed by atoms with E-state index in [0.29, 0.717) is 0 Å². The van der Waals surface area contributed by atoms with Gasteiger partial charge in [0.25, 0.3) is 0 Å². The number of rotatable bonds is 3. The topological polar surface area (TPSA) is 35.2 Å². The third-order valence-corrected chi connectivity index (χ3v) is 3.61. The minimum atomic E-state index is -0.150. The van der Waals surface area contributed by atoms with Crippen LogP contribution in [-0.2, 0) is 0 Å². The second kappa shape index (κ2) is 5.64. The first kappa shape index (κ1) is 13.9. The average Bonchev–Trinajstić information content (AvgIpc) is 2.37. The fourth-order valence-corrected chi connectivity index (χ4v) is 2.51. The Balaban J connectivity index is 2.41. The van der Waals surface area contributed by atoms with Crippen LogP contribution in [0.25, 0.3) is 0 Å². The maximum atomic E-state index is 6.38. The molecule has 0 aliphatic carbocycles. The standard InChI is InChI=1S/C16H18ClNO/c1-10-8-12(17)4-6-14(10)16(18)15-7-5-13(19-3)9-11(15)2/h4-9,16H,18H2,1-3H3. The summed E-state index contributed by atoms with van der Waals surface area (Å²) in [5, 5.41) is 0.736. The Morgan fingerprint density at radius 2 is 1.58 bits per heavy atom. The second-order valence-corrected chi connectivity index (χ2v) is 5.14. The lowest BCUT2D eigenvalue weighted by Gasteiger charge is -2.18. The van der Waals surface area contributed by atoms with Gasteiger partial charge in [-0.1, -0.05) is 23.7 Å². The maximum absolute atomic E-state index is 6.38. The van der Waals surface area contributed by atoms with Gasteiger partial charge >= 0.3 is 0 Å². The number of aryl methyl sites for hydroxylation is 2. The molecule has 0 amide bonds. The maximum Gasteiger partial charge on any atom is 0.119 e. The SMILES string of the molecule is COc1ccc(C(N)c2ccc(Cl)cc2C)c(C)c1. The van der Waals surface area contributed by atoms with Crippen molar-refractivity contribution in [3.8, 4) is 5.75 Å². The molecule has 1 atom stereocenters. The Morgan fingerprint density at radius 1 is 1.00 bits per heavy atom. The van der Waals surface area contributed by atoms with E-state index in [9.17, 15) is 0 Å². The molecule has 2 N–H and O–H groups in total. The summed E-state index contributed by atoms with van der Waals surface area (Å²) in [6.07, 6.45) is 0. The summed E-state index contributed by atoms with van der Waals surface area (Å²) in [5.74, 6) is 0.848. The number of nitrogens with two attached hydrogens (primary N) is 1. The molecule has 0 saturated carbocycles. The van der Waals surface area contributed by atoms with Crippen LogP contribution < -0.4 is 10.5 Å². The van der Waals surface area contributed by atoms with Gasteiger partial charge in [-0.3, -0.25) is 0 Å². The quantitative estimate of drug-likeness (QED) is 0.918. The van der Waals surface area contributed by atoms with Gasteiger partial charge in [0, 0.05) is 5.02 Å². The van der Waals surface area contributed by atoms with Crippen molar-refractivity contribution in [2.24, 2.45) is 5.73 Å². The number of ether oxygens (including phenoxy) is 1. The molecule has 0 aliphatic heterocycles. The van der Waals surface area contributed by atoms with Crippen molar-refractivity contribution in [3.05, 3.63) is 63.7 Å². The zero-order chi connectivity index (χ0) is 14.0. The molecule has 0 fully saturated rings. The molecule has 0 bridgehead atoms. The zero-order valence-electron chi connectivity index (χ0n) is 11.4. The Kier molecular flexibility index (Phi) is 4.13. The van der Waals surface area contributed by atoms with Crippen molar-refractivity contribution in [1.29, 1.82) is 0 Å². The van der Waals surface area contributed by atoms with E-state index >= 15 is 0 Å². The van der Waals surface area contributed by atoms with E-state index in [2.05, 4.69) is 0 Å². The highest BCUT2D eigenvalue weighted by molar-refractivity contribution is 6.30. The van der Waals surface area contributed by atoms with Crippen LogP contribution in [-0.4, -0.2) is 7.11 Å². The lowest BCUT2D eigenvalue weighted by atomic mass is 9.93. The van der Waals surface area contributed by atoms with E-state index in [-0.39, 0.29) is 6.04 Å². The van der Waals surface area contributed by atoms with Gasteiger partial charge in [-0.2, -0.15) is 0 Å². The highest BCUT2D eigenvalue weighted by Gasteiger charge is 2.14. The first-order valence-corrected chi connectivity index (χ1v) is 6.57. The minimum Gasteiger partial charge on any atom is -0.497 e. The second-order valence-electron chi connectivity index (χ2n) is 4.70. The monoisotopic (exact) mass is 275 g/mol. The number of benzene rings is 2. The lowest BCUT2D eigenvalue weighted by molar-refractivity contribution is 0.414. The molecule has 0 heterocycles. The van der Waals surface area contributed by atoms with Gasteiger partial charge in [0.2, 0.25) is 0 Å². The molecule has 0 aromatic heterocycles. The number of methoxy groups -OCH3 is 1. The normalized spacial score (nSPS) is 12.3. The molecule has 2 nitrogen and oxygen atoms in total. The van der Waals surface area contributed by atoms with Crippen LogP contribution in [0.1, 0.15) is 28.3 Å². The van der Waals surface area contributed by atoms with Gasteiger partial charge in [-0.15, -0.1) is 0 Å². The number of hydrogen-bond donors (Lipinski definition) is 1. The van der Waals surface area contributed by atoms with E-state index < -0.39 is 0 Å². The van der Waals surface area contributed by atoms with Crippen molar-refractivity contribution >= 4 is 11.6 Å². The van der Waals surface area contributed by atoms with Gasteiger partial charge in [-0.25, -0.2) is 0 Å². The van der Waals surface area contributed by atoms with Crippen LogP contribution in [0.4, 0.5) is 0 Å². The first-order chi connectivity index (χ1) is 9.02. The van der Waals surface area contributed by atoms with Crippen LogP contribution in [0, 0.1) is 13.8 Å². The van der Waals surface area contributed by atoms with E-state index in [0.717, 1.165) is 33.0 Å². The molecule has 3 heteroatoms. The molecular weight excluding hydrogens is 258 g/mol. The van der Waals surface area contributed by atoms with Gasteiger partial charge in [0.05, 0.1) is 13.2 Å². The highest BCUT2D eigenvalue weighted by atomic mass is 35.5. The largest absolute Gasteiger partial charge is 0.497 e. The molecular formula is C16H18ClNO. The van der Waals surface area contributed by atoms with Crippen LogP contribution in [0.5, 0.6) is 5.75 Å². The summed E-state index contributed by atoms with van der Waals surface area (Å²) in [4.78, 5) is 0. The predicted octanol–water partition coefficient (Wildman–Crippen LogP) is 4.01. The van der Waals surface area contributed by atoms with Crippen molar-refractivity contribution in [2.75, 3.05) is 7.11 Å². The highest BCUT2D eigenvalue weighted by Crippen LogP contribution is 2.28. The molecule has 1 unspecified atom stereocenters. The van der Waals surface area contributed by atoms with Gasteiger partial charge in [0.1, 0.15) is 5.75 Å². The average molecular weight is 276 g/mol. The summed E-state index contributed by atoms with van der Waals surface area (Å²) >= 11 is 5.98. The van der Waals surface area contributed by atoms with E-state index in [1.807, 2.05) is 50.2 Å². The molecule has 19 heavy (non-hydrogen) atoms. The Bertz CT molecular complexity index is 595. The molecule has 0 spiro atoms. The molecule has 2 aromatic carbocycles. The molecule has 0 aliphatic rings. The Hall–Kier alpha value is -1.51. The van der Waals surface area contributed by atoms with E-state index in [4.69, 9.17) is 22.1 Å². The predicted molar refractivity (Wildman–Crippen MR) is 80.0 cm³/mol. The van der Waals surface area contributed by atoms with Gasteiger partial charge in [-0.05, 0) is 60.4 Å². The summed E-state index contributed by atoms with van der Waals surface area (Å²) in [6, 6.07) is 11.6. The summed E-state index contributed by atoms with van der Waals surface area (Å²) in [6.45, 7) is 4.07. The summed E-state index contributed by atoms with van der Waals surface area (Å²) < 4.78 is 5.22. The molecule has 0 radical (unpaired) electrons. The minimum absolute atomic E-state index is 0.150. The van der Waals surface area contributed by atoms with Crippen LogP contribution in [0.2, 0.25) is 5.02 Å². The lowest BCUT2D eigenvalue weighted by Crippen LogP contribution is -2.14. The number of hydrogen-bond acceptors (Lipinski definition) is 2. The van der Waals surface area contributed by atoms with Crippen molar-refractivity contribution in [1.82, 2.24) is 0 Å². The molecule has 2 aromatic rings. The molecule has 2 rings (SSSR count). The van der Waals surface area contributed by atoms with Crippen LogP contribution in [0.3, 0.4) is 0 Å². The summed E-state index contributed by atoms with van der Waals surface area (Å²) in [7, 11) is 1.66. The van der Waals surface area contributed by atoms with Gasteiger partial charge in [0.15, 0.2) is 0 Å². The molecule has 100 valence electrons. The number of halogens is 1. The van der Waals surface area contributed by atoms with E-state index in [1.54, 1.807) is 7.11 Å². The Labute approximate surface area is 119 Å².